The van der Waals surface area contributed by atoms with Crippen LogP contribution in [0.4, 0.5) is 0 Å². The normalized spacial score (nSPS) is 23.3. The molecular formula is C19H30N2O. The van der Waals surface area contributed by atoms with Crippen molar-refractivity contribution in [3.05, 3.63) is 35.9 Å². The van der Waals surface area contributed by atoms with Crippen molar-refractivity contribution in [2.24, 2.45) is 17.6 Å². The first-order chi connectivity index (χ1) is 10.4. The summed E-state index contributed by atoms with van der Waals surface area (Å²) in [5, 5.41) is 3.22. The molecule has 0 aliphatic heterocycles. The molecule has 0 spiro atoms. The number of nitrogens with two attached hydrogens (primary N) is 1. The highest BCUT2D eigenvalue weighted by molar-refractivity contribution is 5.79. The van der Waals surface area contributed by atoms with E-state index >= 15 is 0 Å². The second kappa shape index (κ2) is 7.28. The molecule has 1 aromatic carbocycles. The van der Waals surface area contributed by atoms with E-state index in [4.69, 9.17) is 5.73 Å². The smallest absolute Gasteiger partial charge is 0.223 e. The van der Waals surface area contributed by atoms with Crippen LogP contribution in [0.2, 0.25) is 0 Å². The fraction of sp³-hybridized carbons (Fsp3) is 0.632. The number of hydrogen-bond acceptors (Lipinski definition) is 2. The molecule has 1 aliphatic carbocycles. The maximum atomic E-state index is 12.5. The molecule has 1 saturated carbocycles. The fourth-order valence-corrected chi connectivity index (χ4v) is 3.84. The number of carbonyl (C=O) groups is 1. The Balaban J connectivity index is 1.92. The quantitative estimate of drug-likeness (QED) is 0.847. The Morgan fingerprint density at radius 3 is 2.64 bits per heavy atom. The van der Waals surface area contributed by atoms with Gasteiger partial charge >= 0.3 is 0 Å². The second-order valence-corrected chi connectivity index (χ2v) is 7.40. The summed E-state index contributed by atoms with van der Waals surface area (Å²) in [6, 6.07) is 10.7. The summed E-state index contributed by atoms with van der Waals surface area (Å²) >= 11 is 0. The van der Waals surface area contributed by atoms with E-state index in [9.17, 15) is 4.79 Å². The Morgan fingerprint density at radius 1 is 1.32 bits per heavy atom. The summed E-state index contributed by atoms with van der Waals surface area (Å²) in [6.45, 7) is 7.21. The molecule has 2 rings (SSSR count). The molecule has 3 atom stereocenters. The van der Waals surface area contributed by atoms with Crippen molar-refractivity contribution in [2.45, 2.75) is 57.9 Å². The van der Waals surface area contributed by atoms with E-state index in [2.05, 4.69) is 50.4 Å². The highest BCUT2D eigenvalue weighted by Gasteiger charge is 2.33. The van der Waals surface area contributed by atoms with Crippen LogP contribution in [0, 0.1) is 11.8 Å². The van der Waals surface area contributed by atoms with Gasteiger partial charge in [-0.25, -0.2) is 0 Å². The van der Waals surface area contributed by atoms with Crippen molar-refractivity contribution in [1.29, 1.82) is 0 Å². The SMILES string of the molecule is CC(CC(C)(C)c1ccccc1)NC(=O)[C@@H]1CCC[C@@H]1CN. The van der Waals surface area contributed by atoms with Gasteiger partial charge in [0.05, 0.1) is 0 Å². The van der Waals surface area contributed by atoms with Crippen molar-refractivity contribution in [1.82, 2.24) is 5.32 Å². The Labute approximate surface area is 134 Å². The molecule has 3 heteroatoms. The molecule has 0 heterocycles. The lowest BCUT2D eigenvalue weighted by atomic mass is 9.79. The van der Waals surface area contributed by atoms with Gasteiger partial charge in [-0.05, 0) is 49.6 Å². The molecule has 1 fully saturated rings. The van der Waals surface area contributed by atoms with Gasteiger partial charge in [-0.2, -0.15) is 0 Å². The molecule has 22 heavy (non-hydrogen) atoms. The van der Waals surface area contributed by atoms with Crippen LogP contribution < -0.4 is 11.1 Å². The van der Waals surface area contributed by atoms with Gasteiger partial charge < -0.3 is 11.1 Å². The first-order valence-electron chi connectivity index (χ1n) is 8.50. The lowest BCUT2D eigenvalue weighted by Crippen LogP contribution is -2.42. The summed E-state index contributed by atoms with van der Waals surface area (Å²) in [6.07, 6.45) is 4.15. The minimum Gasteiger partial charge on any atom is -0.353 e. The number of hydrogen-bond donors (Lipinski definition) is 2. The number of amides is 1. The summed E-state index contributed by atoms with van der Waals surface area (Å²) in [4.78, 5) is 12.5. The third-order valence-corrected chi connectivity index (χ3v) is 5.06. The molecule has 122 valence electrons. The van der Waals surface area contributed by atoms with E-state index in [1.165, 1.54) is 5.56 Å². The van der Waals surface area contributed by atoms with Crippen LogP contribution in [0.15, 0.2) is 30.3 Å². The van der Waals surface area contributed by atoms with Crippen molar-refractivity contribution >= 4 is 5.91 Å². The largest absolute Gasteiger partial charge is 0.353 e. The third kappa shape index (κ3) is 4.10. The van der Waals surface area contributed by atoms with Crippen molar-refractivity contribution < 1.29 is 4.79 Å². The zero-order valence-electron chi connectivity index (χ0n) is 14.1. The van der Waals surface area contributed by atoms with Gasteiger partial charge in [0, 0.05) is 12.0 Å². The predicted octanol–water partition coefficient (Wildman–Crippen LogP) is 3.23. The van der Waals surface area contributed by atoms with Gasteiger partial charge in [-0.3, -0.25) is 4.79 Å². The molecule has 1 amide bonds. The van der Waals surface area contributed by atoms with Crippen LogP contribution in [-0.2, 0) is 10.2 Å². The average Bonchev–Trinajstić information content (AvgIpc) is 2.96. The van der Waals surface area contributed by atoms with E-state index in [-0.39, 0.29) is 23.3 Å². The van der Waals surface area contributed by atoms with Crippen LogP contribution in [-0.4, -0.2) is 18.5 Å². The van der Waals surface area contributed by atoms with E-state index in [1.54, 1.807) is 0 Å². The Bertz CT molecular complexity index is 483. The van der Waals surface area contributed by atoms with E-state index < -0.39 is 0 Å². The van der Waals surface area contributed by atoms with Gasteiger partial charge in [-0.1, -0.05) is 50.6 Å². The lowest BCUT2D eigenvalue weighted by molar-refractivity contribution is -0.126. The van der Waals surface area contributed by atoms with Gasteiger partial charge in [0.2, 0.25) is 5.91 Å². The Morgan fingerprint density at radius 2 is 2.00 bits per heavy atom. The molecule has 0 aromatic heterocycles. The van der Waals surface area contributed by atoms with Gasteiger partial charge in [0.15, 0.2) is 0 Å². The van der Waals surface area contributed by atoms with Crippen molar-refractivity contribution in [3.8, 4) is 0 Å². The molecule has 1 unspecified atom stereocenters. The van der Waals surface area contributed by atoms with E-state index in [1.807, 2.05) is 6.07 Å². The predicted molar refractivity (Wildman–Crippen MR) is 91.6 cm³/mol. The van der Waals surface area contributed by atoms with Gasteiger partial charge in [0.1, 0.15) is 0 Å². The molecule has 3 nitrogen and oxygen atoms in total. The van der Waals surface area contributed by atoms with Gasteiger partial charge in [0.25, 0.3) is 0 Å². The van der Waals surface area contributed by atoms with Crippen LogP contribution in [0.1, 0.15) is 52.0 Å². The Kier molecular flexibility index (Phi) is 5.63. The van der Waals surface area contributed by atoms with Crippen molar-refractivity contribution in [2.75, 3.05) is 6.54 Å². The summed E-state index contributed by atoms with van der Waals surface area (Å²) < 4.78 is 0. The highest BCUT2D eigenvalue weighted by atomic mass is 16.2. The number of nitrogens with one attached hydrogen (secondary N) is 1. The summed E-state index contributed by atoms with van der Waals surface area (Å²) in [7, 11) is 0. The zero-order chi connectivity index (χ0) is 16.2. The maximum absolute atomic E-state index is 12.5. The second-order valence-electron chi connectivity index (χ2n) is 7.40. The molecule has 3 N–H and O–H groups in total. The lowest BCUT2D eigenvalue weighted by Gasteiger charge is -2.30. The highest BCUT2D eigenvalue weighted by Crippen LogP contribution is 2.32. The minimum atomic E-state index is 0.0525. The number of benzene rings is 1. The van der Waals surface area contributed by atoms with Crippen LogP contribution in [0.3, 0.4) is 0 Å². The standard InChI is InChI=1S/C19H30N2O/c1-14(12-19(2,3)16-9-5-4-6-10-16)21-18(22)17-11-7-8-15(17)13-20/h4-6,9-10,14-15,17H,7-8,11-13,20H2,1-3H3,(H,21,22)/t14?,15-,17-/m1/s1. The molecule has 1 aliphatic rings. The fourth-order valence-electron chi connectivity index (χ4n) is 3.84. The van der Waals surface area contributed by atoms with Gasteiger partial charge in [-0.15, -0.1) is 0 Å². The van der Waals surface area contributed by atoms with Crippen LogP contribution >= 0.6 is 0 Å². The van der Waals surface area contributed by atoms with E-state index in [0.29, 0.717) is 12.5 Å². The summed E-state index contributed by atoms with van der Waals surface area (Å²) in [5.74, 6) is 0.686. The summed E-state index contributed by atoms with van der Waals surface area (Å²) in [5.41, 5.74) is 7.16. The first kappa shape index (κ1) is 17.0. The minimum absolute atomic E-state index is 0.0525. The first-order valence-corrected chi connectivity index (χ1v) is 8.50. The van der Waals surface area contributed by atoms with Crippen LogP contribution in [0.25, 0.3) is 0 Å². The van der Waals surface area contributed by atoms with Crippen LogP contribution in [0.5, 0.6) is 0 Å². The third-order valence-electron chi connectivity index (χ3n) is 5.06. The number of rotatable bonds is 6. The molecule has 1 aromatic rings. The zero-order valence-corrected chi connectivity index (χ0v) is 14.1. The number of carbonyl (C=O) groups excluding carboxylic acids is 1. The maximum Gasteiger partial charge on any atom is 0.223 e. The van der Waals surface area contributed by atoms with E-state index in [0.717, 1.165) is 25.7 Å². The average molecular weight is 302 g/mol. The molecule has 0 bridgehead atoms. The molecule has 0 radical (unpaired) electrons. The van der Waals surface area contributed by atoms with Crippen molar-refractivity contribution in [3.63, 3.8) is 0 Å². The Hall–Kier alpha value is -1.35. The molecule has 0 saturated heterocycles. The molecular weight excluding hydrogens is 272 g/mol. The topological polar surface area (TPSA) is 55.1 Å². The monoisotopic (exact) mass is 302 g/mol.